The van der Waals surface area contributed by atoms with Crippen LogP contribution in [0.4, 0.5) is 0 Å². The van der Waals surface area contributed by atoms with Crippen LogP contribution in [0.1, 0.15) is 18.4 Å². The fourth-order valence-corrected chi connectivity index (χ4v) is 5.12. The van der Waals surface area contributed by atoms with Crippen molar-refractivity contribution in [3.8, 4) is 0 Å². The molecule has 1 spiro atoms. The van der Waals surface area contributed by atoms with Gasteiger partial charge < -0.3 is 14.4 Å². The molecule has 1 aromatic rings. The standard InChI is InChI=1S/C18H26N2O3S/c21-17(20-4-8-23-9-5-20)16-12-19(11-15-1-10-24-13-15)14-18(16)2-6-22-7-3-18/h1,10,13,16H,2-9,11-12,14H2. The number of nitrogens with zero attached hydrogens (tertiary/aromatic N) is 2. The molecule has 1 aromatic heterocycles. The molecule has 4 rings (SSSR count). The molecule has 0 radical (unpaired) electrons. The Kier molecular flexibility index (Phi) is 4.90. The number of hydrogen-bond donors (Lipinski definition) is 0. The van der Waals surface area contributed by atoms with Crippen LogP contribution in [0.2, 0.25) is 0 Å². The molecule has 0 N–H and O–H groups in total. The SMILES string of the molecule is O=C(C1CN(Cc2ccsc2)CC12CCOCC2)N1CCOCC1. The Bertz CT molecular complexity index is 551. The van der Waals surface area contributed by atoms with Gasteiger partial charge in [0.05, 0.1) is 19.1 Å². The highest BCUT2D eigenvalue weighted by Crippen LogP contribution is 2.45. The first-order valence-electron chi connectivity index (χ1n) is 8.95. The largest absolute Gasteiger partial charge is 0.381 e. The monoisotopic (exact) mass is 350 g/mol. The van der Waals surface area contributed by atoms with Crippen molar-refractivity contribution in [3.63, 3.8) is 0 Å². The van der Waals surface area contributed by atoms with Crippen molar-refractivity contribution < 1.29 is 14.3 Å². The minimum absolute atomic E-state index is 0.101. The first-order chi connectivity index (χ1) is 11.8. The molecule has 0 aliphatic carbocycles. The van der Waals surface area contributed by atoms with Crippen molar-refractivity contribution in [2.24, 2.45) is 11.3 Å². The lowest BCUT2D eigenvalue weighted by molar-refractivity contribution is -0.144. The molecule has 0 aromatic carbocycles. The van der Waals surface area contributed by atoms with Crippen LogP contribution in [-0.4, -0.2) is 68.3 Å². The van der Waals surface area contributed by atoms with Crippen LogP contribution >= 0.6 is 11.3 Å². The minimum atomic E-state index is 0.101. The molecule has 24 heavy (non-hydrogen) atoms. The van der Waals surface area contributed by atoms with Gasteiger partial charge in [-0.3, -0.25) is 9.69 Å². The van der Waals surface area contributed by atoms with E-state index in [0.29, 0.717) is 19.1 Å². The average molecular weight is 350 g/mol. The quantitative estimate of drug-likeness (QED) is 0.834. The molecule has 6 heteroatoms. The van der Waals surface area contributed by atoms with Gasteiger partial charge in [0.25, 0.3) is 0 Å². The van der Waals surface area contributed by atoms with Gasteiger partial charge in [-0.05, 0) is 35.2 Å². The Morgan fingerprint density at radius 1 is 1.21 bits per heavy atom. The van der Waals surface area contributed by atoms with E-state index in [1.54, 1.807) is 11.3 Å². The summed E-state index contributed by atoms with van der Waals surface area (Å²) < 4.78 is 11.0. The molecule has 1 amide bonds. The predicted molar refractivity (Wildman–Crippen MR) is 93.0 cm³/mol. The van der Waals surface area contributed by atoms with E-state index in [1.165, 1.54) is 5.56 Å². The van der Waals surface area contributed by atoms with Crippen molar-refractivity contribution in [3.05, 3.63) is 22.4 Å². The zero-order chi connectivity index (χ0) is 16.4. The van der Waals surface area contributed by atoms with E-state index >= 15 is 0 Å². The van der Waals surface area contributed by atoms with Crippen LogP contribution < -0.4 is 0 Å². The minimum Gasteiger partial charge on any atom is -0.381 e. The molecule has 3 saturated heterocycles. The molecule has 132 valence electrons. The van der Waals surface area contributed by atoms with Gasteiger partial charge in [0, 0.05) is 51.4 Å². The summed E-state index contributed by atoms with van der Waals surface area (Å²) in [5, 5.41) is 4.35. The number of carbonyl (C=O) groups excluding carboxylic acids is 1. The first-order valence-corrected chi connectivity index (χ1v) is 9.89. The lowest BCUT2D eigenvalue weighted by Gasteiger charge is -2.40. The Balaban J connectivity index is 1.51. The number of likely N-dealkylation sites (tertiary alicyclic amines) is 1. The molecule has 5 nitrogen and oxygen atoms in total. The number of carbonyl (C=O) groups is 1. The molecular weight excluding hydrogens is 324 g/mol. The van der Waals surface area contributed by atoms with E-state index in [9.17, 15) is 4.79 Å². The van der Waals surface area contributed by atoms with Crippen molar-refractivity contribution in [2.45, 2.75) is 19.4 Å². The van der Waals surface area contributed by atoms with Crippen LogP contribution in [0.3, 0.4) is 0 Å². The fourth-order valence-electron chi connectivity index (χ4n) is 4.46. The molecule has 0 bridgehead atoms. The van der Waals surface area contributed by atoms with Gasteiger partial charge in [-0.1, -0.05) is 0 Å². The van der Waals surface area contributed by atoms with E-state index in [0.717, 1.165) is 58.8 Å². The Morgan fingerprint density at radius 3 is 2.67 bits per heavy atom. The van der Waals surface area contributed by atoms with E-state index in [-0.39, 0.29) is 11.3 Å². The first kappa shape index (κ1) is 16.5. The summed E-state index contributed by atoms with van der Waals surface area (Å²) in [6.45, 7) is 7.27. The number of rotatable bonds is 3. The van der Waals surface area contributed by atoms with Gasteiger partial charge in [0.15, 0.2) is 0 Å². The zero-order valence-corrected chi connectivity index (χ0v) is 14.9. The summed E-state index contributed by atoms with van der Waals surface area (Å²) >= 11 is 1.74. The summed E-state index contributed by atoms with van der Waals surface area (Å²) in [6, 6.07) is 2.19. The maximum absolute atomic E-state index is 13.2. The van der Waals surface area contributed by atoms with Crippen LogP contribution in [0.5, 0.6) is 0 Å². The highest BCUT2D eigenvalue weighted by Gasteiger charge is 2.51. The summed E-state index contributed by atoms with van der Waals surface area (Å²) in [7, 11) is 0. The van der Waals surface area contributed by atoms with Gasteiger partial charge in [0.2, 0.25) is 5.91 Å². The third-order valence-electron chi connectivity index (χ3n) is 5.81. The number of hydrogen-bond acceptors (Lipinski definition) is 5. The Morgan fingerprint density at radius 2 is 1.96 bits per heavy atom. The van der Waals surface area contributed by atoms with Crippen molar-refractivity contribution in [1.82, 2.24) is 9.80 Å². The maximum atomic E-state index is 13.2. The number of ether oxygens (including phenoxy) is 2. The van der Waals surface area contributed by atoms with Gasteiger partial charge in [-0.15, -0.1) is 0 Å². The molecular formula is C18H26N2O3S. The van der Waals surface area contributed by atoms with E-state index in [4.69, 9.17) is 9.47 Å². The third-order valence-corrected chi connectivity index (χ3v) is 6.55. The average Bonchev–Trinajstić information content (AvgIpc) is 3.24. The summed E-state index contributed by atoms with van der Waals surface area (Å²) in [5.41, 5.74) is 1.46. The van der Waals surface area contributed by atoms with Gasteiger partial charge in [0.1, 0.15) is 0 Å². The van der Waals surface area contributed by atoms with Gasteiger partial charge in [-0.25, -0.2) is 0 Å². The highest BCUT2D eigenvalue weighted by molar-refractivity contribution is 7.07. The van der Waals surface area contributed by atoms with Crippen LogP contribution in [0, 0.1) is 11.3 Å². The number of morpholine rings is 1. The Labute approximate surface area is 147 Å². The van der Waals surface area contributed by atoms with Crippen LogP contribution in [-0.2, 0) is 20.8 Å². The highest BCUT2D eigenvalue weighted by atomic mass is 32.1. The lowest BCUT2D eigenvalue weighted by Crippen LogP contribution is -2.49. The molecule has 0 saturated carbocycles. The number of amides is 1. The third kappa shape index (κ3) is 3.25. The summed E-state index contributed by atoms with van der Waals surface area (Å²) in [4.78, 5) is 17.7. The van der Waals surface area contributed by atoms with Crippen LogP contribution in [0.15, 0.2) is 16.8 Å². The van der Waals surface area contributed by atoms with Crippen molar-refractivity contribution in [1.29, 1.82) is 0 Å². The second kappa shape index (κ2) is 7.12. The summed E-state index contributed by atoms with van der Waals surface area (Å²) in [5.74, 6) is 0.450. The molecule has 3 aliphatic heterocycles. The normalized spacial score (nSPS) is 27.7. The van der Waals surface area contributed by atoms with Gasteiger partial charge >= 0.3 is 0 Å². The molecule has 3 aliphatic rings. The van der Waals surface area contributed by atoms with E-state index in [2.05, 4.69) is 21.7 Å². The van der Waals surface area contributed by atoms with E-state index in [1.807, 2.05) is 4.90 Å². The topological polar surface area (TPSA) is 42.0 Å². The second-order valence-corrected chi connectivity index (χ2v) is 8.05. The van der Waals surface area contributed by atoms with E-state index < -0.39 is 0 Å². The zero-order valence-electron chi connectivity index (χ0n) is 14.1. The van der Waals surface area contributed by atoms with Crippen molar-refractivity contribution >= 4 is 17.2 Å². The fraction of sp³-hybridized carbons (Fsp3) is 0.722. The molecule has 4 heterocycles. The van der Waals surface area contributed by atoms with Crippen molar-refractivity contribution in [2.75, 3.05) is 52.6 Å². The predicted octanol–water partition coefficient (Wildman–Crippen LogP) is 1.84. The smallest absolute Gasteiger partial charge is 0.227 e. The molecule has 3 fully saturated rings. The second-order valence-electron chi connectivity index (χ2n) is 7.27. The maximum Gasteiger partial charge on any atom is 0.227 e. The Hall–Kier alpha value is -0.950. The number of thiophene rings is 1. The molecule has 1 atom stereocenters. The summed E-state index contributed by atoms with van der Waals surface area (Å²) in [6.07, 6.45) is 2.02. The molecule has 1 unspecified atom stereocenters. The van der Waals surface area contributed by atoms with Gasteiger partial charge in [-0.2, -0.15) is 11.3 Å². The van der Waals surface area contributed by atoms with Crippen LogP contribution in [0.25, 0.3) is 0 Å². The lowest BCUT2D eigenvalue weighted by atomic mass is 9.71.